The van der Waals surface area contributed by atoms with Crippen LogP contribution in [0.1, 0.15) is 115 Å². The van der Waals surface area contributed by atoms with Gasteiger partial charge in [0.25, 0.3) is 0 Å². The molecule has 0 unspecified atom stereocenters. The second-order valence-corrected chi connectivity index (χ2v) is 23.3. The van der Waals surface area contributed by atoms with Gasteiger partial charge in [-0.2, -0.15) is 0 Å². The minimum absolute atomic E-state index is 0.0441. The summed E-state index contributed by atoms with van der Waals surface area (Å²) in [7, 11) is 0. The SMILES string of the molecule is Cc1cc2c3cc(C)sc3c3c(-c4ccc(C(C)(C)C)cc4)c(-c4ccc(C(C)(C)C)cc4)c(-c4ccc(C(C)(C)C)cc4)c(-c4ccc(C(C)(C)C)cc4)c3c2s1. The van der Waals surface area contributed by atoms with Crippen molar-refractivity contribution >= 4 is 53.6 Å². The summed E-state index contributed by atoms with van der Waals surface area (Å²) in [6.45, 7) is 32.3. The Kier molecular flexibility index (Phi) is 9.77. The van der Waals surface area contributed by atoms with Crippen molar-refractivity contribution < 1.29 is 0 Å². The summed E-state index contributed by atoms with van der Waals surface area (Å²) < 4.78 is 2.75. The van der Waals surface area contributed by atoms with E-state index in [1.165, 1.54) is 107 Å². The zero-order valence-electron chi connectivity index (χ0n) is 37.2. The van der Waals surface area contributed by atoms with Crippen molar-refractivity contribution in [2.24, 2.45) is 0 Å². The summed E-state index contributed by atoms with van der Waals surface area (Å²) in [6, 6.07) is 43.1. The van der Waals surface area contributed by atoms with Crippen molar-refractivity contribution in [1.82, 2.24) is 0 Å². The maximum Gasteiger partial charge on any atom is 0.0437 e. The number of thiophene rings is 2. The van der Waals surface area contributed by atoms with Gasteiger partial charge in [0.1, 0.15) is 0 Å². The predicted molar refractivity (Wildman–Crippen MR) is 261 cm³/mol. The zero-order valence-corrected chi connectivity index (χ0v) is 38.8. The molecule has 2 heterocycles. The molecule has 0 aliphatic rings. The van der Waals surface area contributed by atoms with Crippen LogP contribution in [0.15, 0.2) is 109 Å². The Morgan fingerprint density at radius 3 is 0.759 bits per heavy atom. The monoisotopic (exact) mass is 796 g/mol. The molecule has 2 heteroatoms. The maximum absolute atomic E-state index is 2.44. The Morgan fingerprint density at radius 1 is 0.310 bits per heavy atom. The lowest BCUT2D eigenvalue weighted by molar-refractivity contribution is 0.590. The number of hydrogen-bond acceptors (Lipinski definition) is 2. The first-order chi connectivity index (χ1) is 27.1. The molecule has 0 spiro atoms. The molecule has 2 aromatic heterocycles. The van der Waals surface area contributed by atoms with E-state index < -0.39 is 0 Å². The first-order valence-corrected chi connectivity index (χ1v) is 22.6. The molecule has 296 valence electrons. The smallest absolute Gasteiger partial charge is 0.0437 e. The fourth-order valence-electron chi connectivity index (χ4n) is 8.71. The number of aryl methyl sites for hydroxylation is 2. The molecule has 0 aliphatic heterocycles. The Morgan fingerprint density at radius 2 is 0.534 bits per heavy atom. The van der Waals surface area contributed by atoms with E-state index in [1.54, 1.807) is 0 Å². The molecular weight excluding hydrogens is 737 g/mol. The molecule has 0 atom stereocenters. The largest absolute Gasteiger partial charge is 0.140 e. The molecule has 6 aromatic carbocycles. The second-order valence-electron chi connectivity index (χ2n) is 20.8. The fraction of sp³-hybridized carbons (Fsp3) is 0.321. The Bertz CT molecular complexity index is 2610. The van der Waals surface area contributed by atoms with Crippen LogP contribution in [0.3, 0.4) is 0 Å². The van der Waals surface area contributed by atoms with Gasteiger partial charge < -0.3 is 0 Å². The normalized spacial score (nSPS) is 13.0. The van der Waals surface area contributed by atoms with E-state index >= 15 is 0 Å². The third-order valence-corrected chi connectivity index (χ3v) is 14.2. The van der Waals surface area contributed by atoms with Gasteiger partial charge in [0.2, 0.25) is 0 Å². The molecule has 0 radical (unpaired) electrons. The molecule has 8 aromatic rings. The number of rotatable bonds is 4. The minimum Gasteiger partial charge on any atom is -0.140 e. The van der Waals surface area contributed by atoms with Gasteiger partial charge in [-0.1, -0.05) is 180 Å². The lowest BCUT2D eigenvalue weighted by Crippen LogP contribution is -2.11. The molecule has 0 fully saturated rings. The van der Waals surface area contributed by atoms with Gasteiger partial charge in [-0.3, -0.25) is 0 Å². The summed E-state index contributed by atoms with van der Waals surface area (Å²) >= 11 is 3.90. The Balaban J connectivity index is 1.67. The predicted octanol–water partition coefficient (Wildman–Crippen LogP) is 17.7. The Labute approximate surface area is 356 Å². The highest BCUT2D eigenvalue weighted by atomic mass is 32.1. The standard InChI is InChI=1S/C56H60S2/c1-33-31-43-44-32-34(2)58-52(44)50-48(38-21-29-42(30-22-38)56(12,13)14)46(36-17-25-40(26-18-36)54(6,7)8)45(35-15-23-39(24-16-35)53(3,4)5)47(49(50)51(43)57-33)37-19-27-41(28-20-37)55(9,10)11/h15-32H,1-14H3. The van der Waals surface area contributed by atoms with Crippen molar-refractivity contribution in [3.8, 4) is 44.5 Å². The van der Waals surface area contributed by atoms with Gasteiger partial charge in [0, 0.05) is 40.7 Å². The molecule has 0 aliphatic carbocycles. The van der Waals surface area contributed by atoms with E-state index in [0.29, 0.717) is 0 Å². The lowest BCUT2D eigenvalue weighted by atomic mass is 9.76. The van der Waals surface area contributed by atoms with E-state index in [4.69, 9.17) is 0 Å². The lowest BCUT2D eigenvalue weighted by Gasteiger charge is -2.27. The van der Waals surface area contributed by atoms with Gasteiger partial charge >= 0.3 is 0 Å². The highest BCUT2D eigenvalue weighted by Gasteiger charge is 2.30. The molecule has 0 bridgehead atoms. The molecule has 0 amide bonds. The average molecular weight is 797 g/mol. The average Bonchev–Trinajstić information content (AvgIpc) is 3.74. The van der Waals surface area contributed by atoms with Crippen LogP contribution in [-0.4, -0.2) is 0 Å². The van der Waals surface area contributed by atoms with Gasteiger partial charge in [0.15, 0.2) is 0 Å². The van der Waals surface area contributed by atoms with Gasteiger partial charge in [-0.25, -0.2) is 0 Å². The number of hydrogen-bond donors (Lipinski definition) is 0. The van der Waals surface area contributed by atoms with Crippen LogP contribution in [0.4, 0.5) is 0 Å². The van der Waals surface area contributed by atoms with E-state index in [1.807, 2.05) is 22.7 Å². The van der Waals surface area contributed by atoms with Crippen molar-refractivity contribution in [3.05, 3.63) is 141 Å². The molecule has 0 nitrogen and oxygen atoms in total. The summed E-state index contributed by atoms with van der Waals surface area (Å²) in [5, 5.41) is 5.47. The molecule has 0 N–H and O–H groups in total. The van der Waals surface area contributed by atoms with Gasteiger partial charge in [-0.05, 0) is 114 Å². The summed E-state index contributed by atoms with van der Waals surface area (Å²) in [6.07, 6.45) is 0. The van der Waals surface area contributed by atoms with Crippen LogP contribution >= 0.6 is 22.7 Å². The fourth-order valence-corrected chi connectivity index (χ4v) is 10.9. The van der Waals surface area contributed by atoms with Crippen molar-refractivity contribution in [2.75, 3.05) is 0 Å². The van der Waals surface area contributed by atoms with Crippen LogP contribution in [0, 0.1) is 13.8 Å². The Hall–Kier alpha value is -4.50. The summed E-state index contributed by atoms with van der Waals surface area (Å²) in [4.78, 5) is 2.69. The highest BCUT2D eigenvalue weighted by molar-refractivity contribution is 7.22. The van der Waals surface area contributed by atoms with E-state index in [9.17, 15) is 0 Å². The quantitative estimate of drug-likeness (QED) is 0.166. The first-order valence-electron chi connectivity index (χ1n) is 21.0. The van der Waals surface area contributed by atoms with E-state index in [0.717, 1.165) is 0 Å². The maximum atomic E-state index is 2.44. The molecular formula is C56H60S2. The number of benzene rings is 6. The molecule has 58 heavy (non-hydrogen) atoms. The van der Waals surface area contributed by atoms with Crippen LogP contribution in [0.5, 0.6) is 0 Å². The topological polar surface area (TPSA) is 0 Å². The van der Waals surface area contributed by atoms with Crippen LogP contribution < -0.4 is 0 Å². The second kappa shape index (κ2) is 14.1. The van der Waals surface area contributed by atoms with E-state index in [2.05, 4.69) is 206 Å². The molecule has 0 saturated carbocycles. The van der Waals surface area contributed by atoms with Crippen molar-refractivity contribution in [2.45, 2.75) is 119 Å². The molecule has 0 saturated heterocycles. The molecule has 8 rings (SSSR count). The van der Waals surface area contributed by atoms with Crippen LogP contribution in [0.25, 0.3) is 75.5 Å². The van der Waals surface area contributed by atoms with Crippen LogP contribution in [-0.2, 0) is 21.7 Å². The van der Waals surface area contributed by atoms with Crippen molar-refractivity contribution in [3.63, 3.8) is 0 Å². The van der Waals surface area contributed by atoms with E-state index in [-0.39, 0.29) is 21.7 Å². The summed E-state index contributed by atoms with van der Waals surface area (Å²) in [5.74, 6) is 0. The van der Waals surface area contributed by atoms with Crippen molar-refractivity contribution in [1.29, 1.82) is 0 Å². The van der Waals surface area contributed by atoms with Crippen LogP contribution in [0.2, 0.25) is 0 Å². The highest BCUT2D eigenvalue weighted by Crippen LogP contribution is 2.57. The zero-order chi connectivity index (χ0) is 41.7. The minimum atomic E-state index is 0.0441. The number of fused-ring (bicyclic) bond motifs is 6. The summed E-state index contributed by atoms with van der Waals surface area (Å²) in [5.41, 5.74) is 15.8. The van der Waals surface area contributed by atoms with Gasteiger partial charge in [-0.15, -0.1) is 22.7 Å². The first kappa shape index (κ1) is 40.3. The van der Waals surface area contributed by atoms with Gasteiger partial charge in [0.05, 0.1) is 0 Å². The third-order valence-electron chi connectivity index (χ3n) is 12.1. The third kappa shape index (κ3) is 7.15.